The molecule has 2 aliphatic heterocycles. The fourth-order valence-electron chi connectivity index (χ4n) is 4.00. The van der Waals surface area contributed by atoms with Crippen molar-refractivity contribution in [2.45, 2.75) is 26.7 Å². The lowest BCUT2D eigenvalue weighted by molar-refractivity contribution is -0.123. The van der Waals surface area contributed by atoms with E-state index in [0.29, 0.717) is 21.8 Å². The number of para-hydroxylation sites is 1. The van der Waals surface area contributed by atoms with E-state index in [2.05, 4.69) is 79.1 Å². The van der Waals surface area contributed by atoms with Crippen molar-refractivity contribution < 1.29 is 4.79 Å². The molecule has 2 fully saturated rings. The summed E-state index contributed by atoms with van der Waals surface area (Å²) in [6, 6.07) is 16.9. The number of rotatable bonds is 5. The van der Waals surface area contributed by atoms with Crippen LogP contribution in [0.3, 0.4) is 0 Å². The van der Waals surface area contributed by atoms with Crippen LogP contribution in [0.25, 0.3) is 6.08 Å². The number of thioether (sulfide) groups is 1. The molecule has 6 heteroatoms. The van der Waals surface area contributed by atoms with E-state index in [0.717, 1.165) is 31.7 Å². The summed E-state index contributed by atoms with van der Waals surface area (Å²) >= 11 is 6.95. The summed E-state index contributed by atoms with van der Waals surface area (Å²) in [5.41, 5.74) is 4.95. The second-order valence-electron chi connectivity index (χ2n) is 8.46. The second-order valence-corrected chi connectivity index (χ2v) is 10.1. The summed E-state index contributed by atoms with van der Waals surface area (Å²) in [7, 11) is 0. The van der Waals surface area contributed by atoms with Crippen molar-refractivity contribution in [3.63, 3.8) is 0 Å². The molecule has 2 aromatic carbocycles. The summed E-state index contributed by atoms with van der Waals surface area (Å²) in [5, 5.41) is 0. The van der Waals surface area contributed by atoms with Gasteiger partial charge in [0.25, 0.3) is 5.91 Å². The van der Waals surface area contributed by atoms with Gasteiger partial charge in [0.05, 0.1) is 11.6 Å². The van der Waals surface area contributed by atoms with Crippen molar-refractivity contribution in [1.29, 1.82) is 0 Å². The zero-order valence-corrected chi connectivity index (χ0v) is 20.0. The molecular formula is C25H29N3OS2. The van der Waals surface area contributed by atoms with Gasteiger partial charge in [0.1, 0.15) is 4.32 Å². The third-order valence-corrected chi connectivity index (χ3v) is 7.32. The standard InChI is InChI=1S/C25H29N3OS2/c1-18(2)21-10-8-20(9-11-21)16-23-24(29)28(25(30)31-23)17-26-12-14-27(15-13-26)22-7-5-4-6-19(22)3/h4-11,16,18H,12-15,17H2,1-3H3/b23-16-. The molecule has 0 atom stereocenters. The van der Waals surface area contributed by atoms with E-state index in [1.807, 2.05) is 6.08 Å². The van der Waals surface area contributed by atoms with Crippen molar-refractivity contribution >= 4 is 46.0 Å². The maximum absolute atomic E-state index is 13.0. The minimum absolute atomic E-state index is 0.0178. The fraction of sp³-hybridized carbons (Fsp3) is 0.360. The molecule has 162 valence electrons. The van der Waals surface area contributed by atoms with Gasteiger partial charge < -0.3 is 4.90 Å². The Kier molecular flexibility index (Phi) is 6.80. The van der Waals surface area contributed by atoms with Gasteiger partial charge in [-0.2, -0.15) is 0 Å². The topological polar surface area (TPSA) is 26.8 Å². The van der Waals surface area contributed by atoms with E-state index in [-0.39, 0.29) is 5.91 Å². The smallest absolute Gasteiger partial charge is 0.267 e. The fourth-order valence-corrected chi connectivity index (χ4v) is 5.24. The van der Waals surface area contributed by atoms with Gasteiger partial charge in [0.15, 0.2) is 0 Å². The summed E-state index contributed by atoms with van der Waals surface area (Å²) in [4.78, 5) is 20.2. The van der Waals surface area contributed by atoms with Crippen molar-refractivity contribution in [1.82, 2.24) is 9.80 Å². The molecule has 2 aliphatic rings. The number of amides is 1. The summed E-state index contributed by atoms with van der Waals surface area (Å²) in [5.74, 6) is 0.516. The molecule has 0 radical (unpaired) electrons. The van der Waals surface area contributed by atoms with Crippen LogP contribution < -0.4 is 4.90 Å². The first kappa shape index (κ1) is 22.1. The lowest BCUT2D eigenvalue weighted by Crippen LogP contribution is -2.51. The normalized spacial score (nSPS) is 19.2. The Morgan fingerprint density at radius 1 is 1.03 bits per heavy atom. The second kappa shape index (κ2) is 9.55. The Hall–Kier alpha value is -2.15. The third-order valence-electron chi connectivity index (χ3n) is 5.94. The van der Waals surface area contributed by atoms with Crippen LogP contribution in [0.2, 0.25) is 0 Å². The highest BCUT2D eigenvalue weighted by Gasteiger charge is 2.33. The Balaban J connectivity index is 1.37. The Bertz CT molecular complexity index is 992. The van der Waals surface area contributed by atoms with E-state index in [4.69, 9.17) is 12.2 Å². The van der Waals surface area contributed by atoms with Gasteiger partial charge >= 0.3 is 0 Å². The third kappa shape index (κ3) is 5.03. The van der Waals surface area contributed by atoms with E-state index in [9.17, 15) is 4.79 Å². The van der Waals surface area contributed by atoms with Gasteiger partial charge in [-0.1, -0.05) is 80.3 Å². The zero-order valence-electron chi connectivity index (χ0n) is 18.4. The van der Waals surface area contributed by atoms with Crippen LogP contribution in [-0.4, -0.2) is 52.9 Å². The number of hydrogen-bond acceptors (Lipinski definition) is 5. The minimum atomic E-state index is 0.0178. The largest absolute Gasteiger partial charge is 0.369 e. The Labute approximate surface area is 194 Å². The van der Waals surface area contributed by atoms with E-state index >= 15 is 0 Å². The van der Waals surface area contributed by atoms with Crippen LogP contribution >= 0.6 is 24.0 Å². The number of hydrogen-bond donors (Lipinski definition) is 0. The molecule has 2 saturated heterocycles. The molecule has 0 aromatic heterocycles. The van der Waals surface area contributed by atoms with E-state index < -0.39 is 0 Å². The predicted octanol–water partition coefficient (Wildman–Crippen LogP) is 5.10. The number of benzene rings is 2. The van der Waals surface area contributed by atoms with Gasteiger partial charge in [-0.15, -0.1) is 0 Å². The van der Waals surface area contributed by atoms with Crippen LogP contribution in [0.4, 0.5) is 5.69 Å². The highest BCUT2D eigenvalue weighted by molar-refractivity contribution is 8.26. The maximum atomic E-state index is 13.0. The monoisotopic (exact) mass is 451 g/mol. The van der Waals surface area contributed by atoms with Crippen molar-refractivity contribution in [3.05, 3.63) is 70.1 Å². The number of thiocarbonyl (C=S) groups is 1. The highest BCUT2D eigenvalue weighted by Crippen LogP contribution is 2.33. The first-order valence-electron chi connectivity index (χ1n) is 10.8. The number of piperazine rings is 1. The number of anilines is 1. The molecule has 4 nitrogen and oxygen atoms in total. The molecule has 0 saturated carbocycles. The zero-order chi connectivity index (χ0) is 22.0. The number of aryl methyl sites for hydroxylation is 1. The van der Waals surface area contributed by atoms with Crippen LogP contribution in [-0.2, 0) is 4.79 Å². The molecule has 1 amide bonds. The van der Waals surface area contributed by atoms with Gasteiger partial charge in [0.2, 0.25) is 0 Å². The molecule has 0 N–H and O–H groups in total. The van der Waals surface area contributed by atoms with Crippen LogP contribution in [0.15, 0.2) is 53.4 Å². The SMILES string of the molecule is Cc1ccccc1N1CCN(CN2C(=O)/C(=C/c3ccc(C(C)C)cc3)SC2=S)CC1. The molecule has 31 heavy (non-hydrogen) atoms. The summed E-state index contributed by atoms with van der Waals surface area (Å²) in [6.45, 7) is 10.8. The Morgan fingerprint density at radius 3 is 2.35 bits per heavy atom. The molecule has 4 rings (SSSR count). The number of carbonyl (C=O) groups excluding carboxylic acids is 1. The summed E-state index contributed by atoms with van der Waals surface area (Å²) < 4.78 is 0.649. The minimum Gasteiger partial charge on any atom is -0.369 e. The first-order valence-corrected chi connectivity index (χ1v) is 12.0. The molecule has 0 unspecified atom stereocenters. The summed E-state index contributed by atoms with van der Waals surface area (Å²) in [6.07, 6.45) is 1.96. The molecule has 0 aliphatic carbocycles. The molecular weight excluding hydrogens is 422 g/mol. The molecule has 0 bridgehead atoms. The first-order chi connectivity index (χ1) is 14.9. The van der Waals surface area contributed by atoms with Crippen LogP contribution in [0, 0.1) is 6.92 Å². The van der Waals surface area contributed by atoms with Crippen LogP contribution in [0.1, 0.15) is 36.5 Å². The lowest BCUT2D eigenvalue weighted by atomic mass is 10.0. The van der Waals surface area contributed by atoms with E-state index in [1.54, 1.807) is 4.90 Å². The number of nitrogens with zero attached hydrogens (tertiary/aromatic N) is 3. The van der Waals surface area contributed by atoms with Crippen molar-refractivity contribution in [3.8, 4) is 0 Å². The average molecular weight is 452 g/mol. The Morgan fingerprint density at radius 2 is 1.71 bits per heavy atom. The maximum Gasteiger partial charge on any atom is 0.267 e. The lowest BCUT2D eigenvalue weighted by Gasteiger charge is -2.38. The van der Waals surface area contributed by atoms with Crippen molar-refractivity contribution in [2.24, 2.45) is 0 Å². The quantitative estimate of drug-likeness (QED) is 0.466. The van der Waals surface area contributed by atoms with Gasteiger partial charge in [-0.05, 0) is 41.7 Å². The van der Waals surface area contributed by atoms with Gasteiger partial charge in [-0.25, -0.2) is 0 Å². The predicted molar refractivity (Wildman–Crippen MR) is 135 cm³/mol. The van der Waals surface area contributed by atoms with Crippen LogP contribution in [0.5, 0.6) is 0 Å². The molecule has 0 spiro atoms. The highest BCUT2D eigenvalue weighted by atomic mass is 32.2. The van der Waals surface area contributed by atoms with Gasteiger partial charge in [0, 0.05) is 31.9 Å². The molecule has 2 heterocycles. The average Bonchev–Trinajstić information content (AvgIpc) is 3.02. The van der Waals surface area contributed by atoms with Gasteiger partial charge in [-0.3, -0.25) is 14.6 Å². The van der Waals surface area contributed by atoms with E-state index in [1.165, 1.54) is 28.6 Å². The number of carbonyl (C=O) groups is 1. The molecule has 2 aromatic rings. The van der Waals surface area contributed by atoms with Crippen molar-refractivity contribution in [2.75, 3.05) is 37.7 Å².